The number of aliphatic carboxylic acids is 1. The number of hydrogen-bond acceptors (Lipinski definition) is 4. The van der Waals surface area contributed by atoms with Crippen LogP contribution < -0.4 is 4.74 Å². The smallest absolute Gasteiger partial charge is 0.327 e. The molecule has 1 N–H and O–H groups in total. The van der Waals surface area contributed by atoms with E-state index in [2.05, 4.69) is 0 Å². The molecule has 3 rings (SSSR count). The van der Waals surface area contributed by atoms with Gasteiger partial charge in [-0.25, -0.2) is 4.79 Å². The first-order valence-corrected chi connectivity index (χ1v) is 9.00. The van der Waals surface area contributed by atoms with Crippen molar-refractivity contribution in [1.82, 2.24) is 4.90 Å². The molecule has 0 bridgehead atoms. The number of hydrogen-bond donors (Lipinski definition) is 1. The summed E-state index contributed by atoms with van der Waals surface area (Å²) in [6.45, 7) is 0. The molecule has 2 aromatic rings. The van der Waals surface area contributed by atoms with Crippen molar-refractivity contribution < 1.29 is 19.4 Å². The quantitative estimate of drug-likeness (QED) is 0.891. The van der Waals surface area contributed by atoms with Crippen LogP contribution in [0.15, 0.2) is 54.6 Å². The number of carbonyl (C=O) groups is 2. The Labute approximate surface area is 150 Å². The highest BCUT2D eigenvalue weighted by molar-refractivity contribution is 8.00. The average molecular weight is 357 g/mol. The van der Waals surface area contributed by atoms with Crippen LogP contribution in [0.25, 0.3) is 0 Å². The lowest BCUT2D eigenvalue weighted by Gasteiger charge is -2.27. The first-order valence-electron chi connectivity index (χ1n) is 7.95. The first kappa shape index (κ1) is 17.4. The van der Waals surface area contributed by atoms with Gasteiger partial charge in [0.15, 0.2) is 0 Å². The predicted octanol–water partition coefficient (Wildman–Crippen LogP) is 2.91. The van der Waals surface area contributed by atoms with Crippen molar-refractivity contribution in [3.05, 3.63) is 65.7 Å². The van der Waals surface area contributed by atoms with Crippen molar-refractivity contribution in [2.75, 3.05) is 12.9 Å². The normalized spacial score (nSPS) is 19.6. The van der Waals surface area contributed by atoms with Crippen molar-refractivity contribution in [2.45, 2.75) is 17.8 Å². The second-order valence-electron chi connectivity index (χ2n) is 5.77. The summed E-state index contributed by atoms with van der Waals surface area (Å²) in [5, 5.41) is 9.32. The molecule has 0 spiro atoms. The Hall–Kier alpha value is -2.47. The Morgan fingerprint density at radius 3 is 2.44 bits per heavy atom. The van der Waals surface area contributed by atoms with Gasteiger partial charge in [0.25, 0.3) is 5.91 Å². The topological polar surface area (TPSA) is 66.8 Å². The van der Waals surface area contributed by atoms with Gasteiger partial charge in [-0.05, 0) is 29.8 Å². The third kappa shape index (κ3) is 3.79. The van der Waals surface area contributed by atoms with Crippen molar-refractivity contribution in [3.8, 4) is 5.75 Å². The molecular formula is C19H19NO4S. The third-order valence-corrected chi connectivity index (χ3v) is 5.49. The minimum atomic E-state index is -0.968. The average Bonchev–Trinajstić information content (AvgIpc) is 3.06. The molecule has 1 aliphatic rings. The minimum Gasteiger partial charge on any atom is -0.497 e. The van der Waals surface area contributed by atoms with Crippen LogP contribution in [-0.4, -0.2) is 46.2 Å². The van der Waals surface area contributed by atoms with Crippen LogP contribution in [0.4, 0.5) is 0 Å². The minimum absolute atomic E-state index is 0.196. The number of amides is 1. The van der Waals surface area contributed by atoms with Crippen LogP contribution in [0.3, 0.4) is 0 Å². The Morgan fingerprint density at radius 1 is 1.16 bits per heavy atom. The molecule has 5 nitrogen and oxygen atoms in total. The maximum Gasteiger partial charge on any atom is 0.327 e. The van der Waals surface area contributed by atoms with Crippen molar-refractivity contribution in [1.29, 1.82) is 0 Å². The highest BCUT2D eigenvalue weighted by Gasteiger charge is 2.41. The van der Waals surface area contributed by atoms with Gasteiger partial charge in [-0.1, -0.05) is 30.3 Å². The number of rotatable bonds is 5. The van der Waals surface area contributed by atoms with Gasteiger partial charge < -0.3 is 14.7 Å². The Balaban J connectivity index is 1.85. The molecule has 0 saturated carbocycles. The zero-order valence-electron chi connectivity index (χ0n) is 13.8. The van der Waals surface area contributed by atoms with Crippen molar-refractivity contribution in [2.24, 2.45) is 0 Å². The lowest BCUT2D eigenvalue weighted by Crippen LogP contribution is -2.46. The van der Waals surface area contributed by atoms with E-state index in [9.17, 15) is 14.7 Å². The van der Waals surface area contributed by atoms with Gasteiger partial charge in [0.1, 0.15) is 11.8 Å². The summed E-state index contributed by atoms with van der Waals surface area (Å²) in [4.78, 5) is 26.1. The molecule has 1 saturated heterocycles. The number of methoxy groups -OCH3 is 1. The highest BCUT2D eigenvalue weighted by atomic mass is 32.2. The summed E-state index contributed by atoms with van der Waals surface area (Å²) in [5.74, 6) is -0.178. The fraction of sp³-hybridized carbons (Fsp3) is 0.263. The van der Waals surface area contributed by atoms with E-state index in [0.717, 1.165) is 5.56 Å². The summed E-state index contributed by atoms with van der Waals surface area (Å²) in [7, 11) is 1.56. The van der Waals surface area contributed by atoms with Crippen LogP contribution in [0.2, 0.25) is 0 Å². The van der Waals surface area contributed by atoms with E-state index >= 15 is 0 Å². The van der Waals surface area contributed by atoms with Crippen molar-refractivity contribution in [3.63, 3.8) is 0 Å². The molecule has 2 unspecified atom stereocenters. The summed E-state index contributed by atoms with van der Waals surface area (Å²) < 4.78 is 5.11. The van der Waals surface area contributed by atoms with Crippen LogP contribution in [0, 0.1) is 0 Å². The molecule has 1 aliphatic heterocycles. The van der Waals surface area contributed by atoms with Crippen LogP contribution >= 0.6 is 11.8 Å². The number of benzene rings is 2. The SMILES string of the molecule is COc1ccc(C(=O)N2C(Cc3ccccc3)SCC2C(=O)O)cc1. The third-order valence-electron chi connectivity index (χ3n) is 4.20. The van der Waals surface area contributed by atoms with E-state index in [1.54, 1.807) is 31.4 Å². The monoisotopic (exact) mass is 357 g/mol. The largest absolute Gasteiger partial charge is 0.497 e. The first-order chi connectivity index (χ1) is 12.1. The molecular weight excluding hydrogens is 338 g/mol. The second-order valence-corrected chi connectivity index (χ2v) is 6.98. The molecule has 130 valence electrons. The van der Waals surface area contributed by atoms with Gasteiger partial charge in [-0.3, -0.25) is 4.79 Å². The lowest BCUT2D eigenvalue weighted by atomic mass is 10.1. The number of carboxylic acids is 1. The molecule has 1 heterocycles. The number of thioether (sulfide) groups is 1. The Bertz CT molecular complexity index is 748. The molecule has 2 atom stereocenters. The van der Waals surface area contributed by atoms with Crippen molar-refractivity contribution >= 4 is 23.6 Å². The van der Waals surface area contributed by atoms with Gasteiger partial charge in [0.05, 0.1) is 12.5 Å². The molecule has 0 aliphatic carbocycles. The maximum absolute atomic E-state index is 13.0. The maximum atomic E-state index is 13.0. The van der Waals surface area contributed by atoms with E-state index in [1.165, 1.54) is 16.7 Å². The fourth-order valence-electron chi connectivity index (χ4n) is 2.88. The van der Waals surface area contributed by atoms with Crippen LogP contribution in [0.5, 0.6) is 5.75 Å². The highest BCUT2D eigenvalue weighted by Crippen LogP contribution is 2.33. The van der Waals surface area contributed by atoms with E-state index in [-0.39, 0.29) is 11.3 Å². The van der Waals surface area contributed by atoms with Gasteiger partial charge in [-0.2, -0.15) is 0 Å². The van der Waals surface area contributed by atoms with E-state index in [0.29, 0.717) is 23.5 Å². The summed E-state index contributed by atoms with van der Waals surface area (Å²) in [6.07, 6.45) is 0.622. The standard InChI is InChI=1S/C19H19NO4S/c1-24-15-9-7-14(8-10-15)18(21)20-16(19(22)23)12-25-17(20)11-13-5-3-2-4-6-13/h2-10,16-17H,11-12H2,1H3,(H,22,23). The van der Waals surface area contributed by atoms with Crippen LogP contribution in [-0.2, 0) is 11.2 Å². The van der Waals surface area contributed by atoms with E-state index in [4.69, 9.17) is 4.74 Å². The fourth-order valence-corrected chi connectivity index (χ4v) is 4.30. The summed E-state index contributed by atoms with van der Waals surface area (Å²) in [6, 6.07) is 15.7. The van der Waals surface area contributed by atoms with Gasteiger partial charge in [-0.15, -0.1) is 11.8 Å². The van der Waals surface area contributed by atoms with Gasteiger partial charge in [0, 0.05) is 17.7 Å². The zero-order chi connectivity index (χ0) is 17.8. The lowest BCUT2D eigenvalue weighted by molar-refractivity contribution is -0.141. The molecule has 25 heavy (non-hydrogen) atoms. The number of carboxylic acid groups (broad SMARTS) is 1. The molecule has 2 aromatic carbocycles. The molecule has 1 amide bonds. The molecule has 0 aromatic heterocycles. The number of nitrogens with zero attached hydrogens (tertiary/aromatic N) is 1. The zero-order valence-corrected chi connectivity index (χ0v) is 14.6. The molecule has 1 fully saturated rings. The summed E-state index contributed by atoms with van der Waals surface area (Å²) >= 11 is 1.51. The van der Waals surface area contributed by atoms with E-state index < -0.39 is 12.0 Å². The number of ether oxygens (including phenoxy) is 1. The van der Waals surface area contributed by atoms with E-state index in [1.807, 2.05) is 30.3 Å². The second kappa shape index (κ2) is 7.61. The Morgan fingerprint density at radius 2 is 1.84 bits per heavy atom. The van der Waals surface area contributed by atoms with Gasteiger partial charge >= 0.3 is 5.97 Å². The molecule has 0 radical (unpaired) electrons. The Kier molecular flexibility index (Phi) is 5.28. The van der Waals surface area contributed by atoms with Crippen LogP contribution in [0.1, 0.15) is 15.9 Å². The summed E-state index contributed by atoms with van der Waals surface area (Å²) in [5.41, 5.74) is 1.55. The predicted molar refractivity (Wildman–Crippen MR) is 97.0 cm³/mol. The molecule has 6 heteroatoms. The van der Waals surface area contributed by atoms with Gasteiger partial charge in [0.2, 0.25) is 0 Å². The number of carbonyl (C=O) groups excluding carboxylic acids is 1.